The van der Waals surface area contributed by atoms with Crippen LogP contribution in [0.15, 0.2) is 18.2 Å². The van der Waals surface area contributed by atoms with E-state index >= 15 is 0 Å². The van der Waals surface area contributed by atoms with E-state index in [0.29, 0.717) is 18.5 Å². The van der Waals surface area contributed by atoms with Crippen LogP contribution < -0.4 is 15.5 Å². The largest absolute Gasteiger partial charge is 0.368 e. The molecule has 3 atom stereocenters. The van der Waals surface area contributed by atoms with Crippen molar-refractivity contribution in [3.05, 3.63) is 29.3 Å². The SMILES string of the molecule is CNC(=O)[C@H]1CC[C@@H](N(CCC2CC2)c2cccc3c2CN(C2CCC(=O)NC2=O)C3=O)C1. The van der Waals surface area contributed by atoms with E-state index in [2.05, 4.69) is 21.6 Å². The second-order valence-corrected chi connectivity index (χ2v) is 9.91. The van der Waals surface area contributed by atoms with Crippen LogP contribution in [0.1, 0.15) is 67.3 Å². The van der Waals surface area contributed by atoms with Gasteiger partial charge in [0.15, 0.2) is 0 Å². The molecule has 0 aromatic heterocycles. The third-order valence-corrected chi connectivity index (χ3v) is 7.80. The highest BCUT2D eigenvalue weighted by atomic mass is 16.2. The number of carbonyl (C=O) groups is 4. The van der Waals surface area contributed by atoms with E-state index in [1.54, 1.807) is 11.9 Å². The van der Waals surface area contributed by atoms with Crippen molar-refractivity contribution >= 4 is 29.3 Å². The normalized spacial score (nSPS) is 26.9. The molecule has 1 aromatic carbocycles. The molecule has 2 saturated carbocycles. The number of fused-ring (bicyclic) bond motifs is 1. The average molecular weight is 453 g/mol. The fourth-order valence-corrected chi connectivity index (χ4v) is 5.75. The van der Waals surface area contributed by atoms with Crippen molar-refractivity contribution in [3.8, 4) is 0 Å². The van der Waals surface area contributed by atoms with E-state index in [-0.39, 0.29) is 42.0 Å². The third-order valence-electron chi connectivity index (χ3n) is 7.80. The lowest BCUT2D eigenvalue weighted by Crippen LogP contribution is -2.52. The number of benzene rings is 1. The Labute approximate surface area is 194 Å². The van der Waals surface area contributed by atoms with Gasteiger partial charge in [0.1, 0.15) is 6.04 Å². The van der Waals surface area contributed by atoms with Crippen LogP contribution in [0.5, 0.6) is 0 Å². The highest BCUT2D eigenvalue weighted by Gasteiger charge is 2.41. The van der Waals surface area contributed by atoms with Gasteiger partial charge in [-0.25, -0.2) is 0 Å². The number of nitrogens with one attached hydrogen (secondary N) is 2. The zero-order chi connectivity index (χ0) is 23.1. The summed E-state index contributed by atoms with van der Waals surface area (Å²) >= 11 is 0. The first kappa shape index (κ1) is 21.9. The molecule has 1 saturated heterocycles. The molecule has 8 heteroatoms. The molecule has 2 N–H and O–H groups in total. The van der Waals surface area contributed by atoms with E-state index < -0.39 is 6.04 Å². The van der Waals surface area contributed by atoms with Crippen LogP contribution in [0.2, 0.25) is 0 Å². The van der Waals surface area contributed by atoms with Crippen molar-refractivity contribution in [1.82, 2.24) is 15.5 Å². The smallest absolute Gasteiger partial charge is 0.255 e. The quantitative estimate of drug-likeness (QED) is 0.617. The lowest BCUT2D eigenvalue weighted by molar-refractivity contribution is -0.137. The highest BCUT2D eigenvalue weighted by molar-refractivity contribution is 6.06. The van der Waals surface area contributed by atoms with E-state index in [4.69, 9.17) is 0 Å². The summed E-state index contributed by atoms with van der Waals surface area (Å²) in [7, 11) is 1.69. The van der Waals surface area contributed by atoms with Gasteiger partial charge in [0.25, 0.3) is 5.91 Å². The molecule has 2 heterocycles. The van der Waals surface area contributed by atoms with Gasteiger partial charge >= 0.3 is 0 Å². The first-order valence-electron chi connectivity index (χ1n) is 12.2. The minimum atomic E-state index is -0.612. The predicted octanol–water partition coefficient (Wildman–Crippen LogP) is 1.97. The molecule has 1 unspecified atom stereocenters. The number of anilines is 1. The van der Waals surface area contributed by atoms with Gasteiger partial charge in [-0.1, -0.05) is 18.9 Å². The molecule has 0 radical (unpaired) electrons. The summed E-state index contributed by atoms with van der Waals surface area (Å²) in [4.78, 5) is 53.6. The number of imide groups is 1. The van der Waals surface area contributed by atoms with Crippen molar-refractivity contribution in [2.24, 2.45) is 11.8 Å². The molecule has 176 valence electrons. The minimum Gasteiger partial charge on any atom is -0.368 e. The summed E-state index contributed by atoms with van der Waals surface area (Å²) in [5.74, 6) is 0.113. The lowest BCUT2D eigenvalue weighted by atomic mass is 10.0. The van der Waals surface area contributed by atoms with Gasteiger partial charge in [-0.3, -0.25) is 24.5 Å². The monoisotopic (exact) mass is 452 g/mol. The molecule has 3 fully saturated rings. The van der Waals surface area contributed by atoms with Crippen molar-refractivity contribution in [1.29, 1.82) is 0 Å². The second-order valence-electron chi connectivity index (χ2n) is 9.91. The van der Waals surface area contributed by atoms with Crippen molar-refractivity contribution < 1.29 is 19.2 Å². The maximum atomic E-state index is 13.3. The molecule has 33 heavy (non-hydrogen) atoms. The summed E-state index contributed by atoms with van der Waals surface area (Å²) in [5, 5.41) is 5.17. The van der Waals surface area contributed by atoms with Gasteiger partial charge in [0, 0.05) is 55.3 Å². The topological polar surface area (TPSA) is 98.8 Å². The highest BCUT2D eigenvalue weighted by Crippen LogP contribution is 2.40. The van der Waals surface area contributed by atoms with Crippen LogP contribution in [0.4, 0.5) is 5.69 Å². The van der Waals surface area contributed by atoms with Crippen molar-refractivity contribution in [2.75, 3.05) is 18.5 Å². The minimum absolute atomic E-state index is 0.0294. The molecule has 0 spiro atoms. The summed E-state index contributed by atoms with van der Waals surface area (Å²) in [6, 6.07) is 5.50. The Morgan fingerprint density at radius 1 is 1.15 bits per heavy atom. The fourth-order valence-electron chi connectivity index (χ4n) is 5.75. The number of piperidine rings is 1. The van der Waals surface area contributed by atoms with E-state index in [0.717, 1.165) is 49.4 Å². The molecule has 1 aromatic rings. The summed E-state index contributed by atoms with van der Waals surface area (Å²) in [5.41, 5.74) is 2.67. The molecular weight excluding hydrogens is 420 g/mol. The van der Waals surface area contributed by atoms with Gasteiger partial charge < -0.3 is 15.1 Å². The number of carbonyl (C=O) groups excluding carboxylic acids is 4. The Morgan fingerprint density at radius 3 is 2.70 bits per heavy atom. The van der Waals surface area contributed by atoms with Crippen LogP contribution in [0, 0.1) is 11.8 Å². The van der Waals surface area contributed by atoms with Gasteiger partial charge in [-0.05, 0) is 50.2 Å². The lowest BCUT2D eigenvalue weighted by Gasteiger charge is -2.33. The molecule has 0 bridgehead atoms. The van der Waals surface area contributed by atoms with Gasteiger partial charge in [-0.2, -0.15) is 0 Å². The van der Waals surface area contributed by atoms with Crippen LogP contribution in [-0.4, -0.2) is 54.2 Å². The first-order chi connectivity index (χ1) is 16.0. The molecule has 5 rings (SSSR count). The second kappa shape index (κ2) is 8.80. The first-order valence-corrected chi connectivity index (χ1v) is 12.2. The number of amides is 4. The average Bonchev–Trinajstić information content (AvgIpc) is 3.40. The fraction of sp³-hybridized carbons (Fsp3) is 0.600. The molecule has 2 aliphatic carbocycles. The molecule has 8 nitrogen and oxygen atoms in total. The number of rotatable bonds is 7. The number of hydrogen-bond donors (Lipinski definition) is 2. The zero-order valence-electron chi connectivity index (χ0n) is 19.1. The Balaban J connectivity index is 1.41. The van der Waals surface area contributed by atoms with Crippen molar-refractivity contribution in [3.63, 3.8) is 0 Å². The standard InChI is InChI=1S/C25H32N4O4/c1-26-23(31)16-7-8-17(13-16)28(12-11-15-5-6-15)20-4-2-3-18-19(20)14-29(25(18)33)21-9-10-22(30)27-24(21)32/h2-4,15-17,21H,5-14H2,1H3,(H,26,31)(H,27,30,32)/t16-,17+,21?/m0/s1. The Kier molecular flexibility index (Phi) is 5.85. The van der Waals surface area contributed by atoms with Crippen molar-refractivity contribution in [2.45, 2.75) is 70.0 Å². The summed E-state index contributed by atoms with van der Waals surface area (Å²) in [6.07, 6.45) is 6.95. The van der Waals surface area contributed by atoms with Gasteiger partial charge in [-0.15, -0.1) is 0 Å². The maximum Gasteiger partial charge on any atom is 0.255 e. The molecular formula is C25H32N4O4. The van der Waals surface area contributed by atoms with Crippen LogP contribution in [0.3, 0.4) is 0 Å². The third kappa shape index (κ3) is 4.23. The Morgan fingerprint density at radius 2 is 1.97 bits per heavy atom. The zero-order valence-corrected chi connectivity index (χ0v) is 19.1. The molecule has 4 aliphatic rings. The van der Waals surface area contributed by atoms with Crippen LogP contribution in [-0.2, 0) is 20.9 Å². The van der Waals surface area contributed by atoms with E-state index in [9.17, 15) is 19.2 Å². The molecule has 4 amide bonds. The van der Waals surface area contributed by atoms with E-state index in [1.165, 1.54) is 12.8 Å². The summed E-state index contributed by atoms with van der Waals surface area (Å²) < 4.78 is 0. The predicted molar refractivity (Wildman–Crippen MR) is 122 cm³/mol. The number of hydrogen-bond acceptors (Lipinski definition) is 5. The number of nitrogens with zero attached hydrogens (tertiary/aromatic N) is 2. The Hall–Kier alpha value is -2.90. The molecule has 2 aliphatic heterocycles. The Bertz CT molecular complexity index is 989. The maximum absolute atomic E-state index is 13.3. The van der Waals surface area contributed by atoms with Gasteiger partial charge in [0.05, 0.1) is 0 Å². The summed E-state index contributed by atoms with van der Waals surface area (Å²) in [6.45, 7) is 1.29. The van der Waals surface area contributed by atoms with Gasteiger partial charge in [0.2, 0.25) is 17.7 Å². The van der Waals surface area contributed by atoms with Crippen LogP contribution >= 0.6 is 0 Å². The van der Waals surface area contributed by atoms with E-state index in [1.807, 2.05) is 12.1 Å². The van der Waals surface area contributed by atoms with Crippen LogP contribution in [0.25, 0.3) is 0 Å².